The number of amides is 1. The van der Waals surface area contributed by atoms with Gasteiger partial charge in [0, 0.05) is 45.1 Å². The molecular formula is C22H26N6O2S. The lowest BCUT2D eigenvalue weighted by molar-refractivity contribution is -0.128. The molecule has 0 saturated carbocycles. The van der Waals surface area contributed by atoms with Crippen molar-refractivity contribution in [3.8, 4) is 0 Å². The van der Waals surface area contributed by atoms with Crippen molar-refractivity contribution in [1.82, 2.24) is 24.4 Å². The normalized spacial score (nSPS) is 14.2. The Morgan fingerprint density at radius 2 is 1.94 bits per heavy atom. The molecule has 0 N–H and O–H groups in total. The number of hydrogen-bond acceptors (Lipinski definition) is 7. The number of thioether (sulfide) groups is 1. The van der Waals surface area contributed by atoms with E-state index < -0.39 is 0 Å². The van der Waals surface area contributed by atoms with Crippen molar-refractivity contribution in [3.05, 3.63) is 53.2 Å². The van der Waals surface area contributed by atoms with E-state index in [1.807, 2.05) is 29.2 Å². The molecule has 3 heterocycles. The Morgan fingerprint density at radius 1 is 1.13 bits per heavy atom. The van der Waals surface area contributed by atoms with Crippen LogP contribution < -0.4 is 10.5 Å². The van der Waals surface area contributed by atoms with E-state index >= 15 is 0 Å². The van der Waals surface area contributed by atoms with E-state index in [1.54, 1.807) is 23.2 Å². The maximum Gasteiger partial charge on any atom is 0.262 e. The molecule has 0 spiro atoms. The summed E-state index contributed by atoms with van der Waals surface area (Å²) in [6.45, 7) is 5.44. The maximum absolute atomic E-state index is 13.0. The zero-order chi connectivity index (χ0) is 21.6. The largest absolute Gasteiger partial charge is 0.352 e. The summed E-state index contributed by atoms with van der Waals surface area (Å²) in [5.74, 6) is 1.17. The fraction of sp³-hybridized carbons (Fsp3) is 0.409. The van der Waals surface area contributed by atoms with Crippen molar-refractivity contribution in [2.45, 2.75) is 31.5 Å². The number of rotatable bonds is 7. The molecular weight excluding hydrogens is 412 g/mol. The third kappa shape index (κ3) is 4.87. The van der Waals surface area contributed by atoms with Crippen molar-refractivity contribution >= 4 is 34.4 Å². The van der Waals surface area contributed by atoms with Crippen LogP contribution in [0, 0.1) is 0 Å². The molecule has 1 aliphatic rings. The van der Waals surface area contributed by atoms with Crippen LogP contribution in [0.1, 0.15) is 19.8 Å². The van der Waals surface area contributed by atoms with Crippen LogP contribution in [0.15, 0.2) is 52.8 Å². The second-order valence-electron chi connectivity index (χ2n) is 7.44. The Hall–Kier alpha value is -2.94. The van der Waals surface area contributed by atoms with Crippen LogP contribution in [0.3, 0.4) is 0 Å². The molecule has 8 nitrogen and oxygen atoms in total. The van der Waals surface area contributed by atoms with E-state index in [2.05, 4.69) is 26.8 Å². The summed E-state index contributed by atoms with van der Waals surface area (Å²) in [6, 6.07) is 7.38. The number of hydrogen-bond donors (Lipinski definition) is 0. The summed E-state index contributed by atoms with van der Waals surface area (Å²) in [5, 5.41) is 1.23. The number of nitrogens with zero attached hydrogens (tertiary/aromatic N) is 6. The molecule has 0 aliphatic carbocycles. The van der Waals surface area contributed by atoms with Gasteiger partial charge in [-0.05, 0) is 18.6 Å². The van der Waals surface area contributed by atoms with E-state index in [0.29, 0.717) is 35.7 Å². The standard InChI is InChI=1S/C22H26N6O2S/c1-2-3-10-28-21(30)17-6-4-5-7-18(17)25-22(28)31-16-20(29)27-13-11-26(12-14-27)19-15-23-8-9-24-19/h4-9,15H,2-3,10-14,16H2,1H3. The second-order valence-corrected chi connectivity index (χ2v) is 8.38. The molecule has 9 heteroatoms. The molecule has 0 radical (unpaired) electrons. The number of piperazine rings is 1. The van der Waals surface area contributed by atoms with Crippen molar-refractivity contribution in [1.29, 1.82) is 0 Å². The SMILES string of the molecule is CCCCn1c(SCC(=O)N2CCN(c3cnccn3)CC2)nc2ccccc2c1=O. The summed E-state index contributed by atoms with van der Waals surface area (Å²) >= 11 is 1.35. The molecule has 0 atom stereocenters. The predicted molar refractivity (Wildman–Crippen MR) is 122 cm³/mol. The Morgan fingerprint density at radius 3 is 2.68 bits per heavy atom. The fourth-order valence-electron chi connectivity index (χ4n) is 3.63. The lowest BCUT2D eigenvalue weighted by Gasteiger charge is -2.35. The van der Waals surface area contributed by atoms with Crippen LogP contribution in [0.25, 0.3) is 10.9 Å². The smallest absolute Gasteiger partial charge is 0.262 e. The maximum atomic E-state index is 13.0. The number of aromatic nitrogens is 4. The molecule has 1 aliphatic heterocycles. The van der Waals surface area contributed by atoms with Gasteiger partial charge in [-0.25, -0.2) is 9.97 Å². The fourth-order valence-corrected chi connectivity index (χ4v) is 4.56. The first-order valence-electron chi connectivity index (χ1n) is 10.6. The van der Waals surface area contributed by atoms with E-state index in [1.165, 1.54) is 11.8 Å². The Labute approximate surface area is 185 Å². The van der Waals surface area contributed by atoms with Gasteiger partial charge in [0.05, 0.1) is 22.9 Å². The van der Waals surface area contributed by atoms with Gasteiger partial charge in [0.25, 0.3) is 5.56 Å². The molecule has 1 fully saturated rings. The average molecular weight is 439 g/mol. The number of anilines is 1. The van der Waals surface area contributed by atoms with Crippen LogP contribution in [-0.4, -0.2) is 62.3 Å². The minimum absolute atomic E-state index is 0.0356. The van der Waals surface area contributed by atoms with Gasteiger partial charge in [-0.2, -0.15) is 0 Å². The monoisotopic (exact) mass is 438 g/mol. The number of unbranched alkanes of at least 4 members (excludes halogenated alkanes) is 1. The number of carbonyl (C=O) groups is 1. The first-order valence-corrected chi connectivity index (χ1v) is 11.6. The highest BCUT2D eigenvalue weighted by Gasteiger charge is 2.22. The zero-order valence-electron chi connectivity index (χ0n) is 17.6. The van der Waals surface area contributed by atoms with Gasteiger partial charge in [-0.15, -0.1) is 0 Å². The molecule has 162 valence electrons. The Bertz CT molecular complexity index is 1100. The molecule has 4 rings (SSSR count). The van der Waals surface area contributed by atoms with Crippen LogP contribution in [0.5, 0.6) is 0 Å². The predicted octanol–water partition coefficient (Wildman–Crippen LogP) is 2.43. The number of benzene rings is 1. The average Bonchev–Trinajstić information content (AvgIpc) is 2.83. The van der Waals surface area contributed by atoms with Crippen LogP contribution in [0.4, 0.5) is 5.82 Å². The molecule has 0 bridgehead atoms. The van der Waals surface area contributed by atoms with Gasteiger partial charge < -0.3 is 9.80 Å². The van der Waals surface area contributed by atoms with Gasteiger partial charge in [-0.1, -0.05) is 37.2 Å². The van der Waals surface area contributed by atoms with Gasteiger partial charge in [-0.3, -0.25) is 19.1 Å². The Balaban J connectivity index is 1.43. The quantitative estimate of drug-likeness (QED) is 0.414. The molecule has 2 aromatic heterocycles. The topological polar surface area (TPSA) is 84.2 Å². The highest BCUT2D eigenvalue weighted by atomic mass is 32.2. The molecule has 31 heavy (non-hydrogen) atoms. The zero-order valence-corrected chi connectivity index (χ0v) is 18.4. The minimum atomic E-state index is -0.0356. The second kappa shape index (κ2) is 9.91. The van der Waals surface area contributed by atoms with Gasteiger partial charge >= 0.3 is 0 Å². The van der Waals surface area contributed by atoms with Crippen molar-refractivity contribution in [3.63, 3.8) is 0 Å². The number of para-hydroxylation sites is 1. The highest BCUT2D eigenvalue weighted by Crippen LogP contribution is 2.20. The minimum Gasteiger partial charge on any atom is -0.352 e. The molecule has 1 aromatic carbocycles. The third-order valence-corrected chi connectivity index (χ3v) is 6.35. The lowest BCUT2D eigenvalue weighted by atomic mass is 10.2. The van der Waals surface area contributed by atoms with E-state index in [9.17, 15) is 9.59 Å². The first kappa shape index (κ1) is 21.3. The number of carbonyl (C=O) groups excluding carboxylic acids is 1. The van der Waals surface area contributed by atoms with Crippen molar-refractivity contribution in [2.24, 2.45) is 0 Å². The third-order valence-electron chi connectivity index (χ3n) is 5.39. The first-order chi connectivity index (χ1) is 15.2. The summed E-state index contributed by atoms with van der Waals surface area (Å²) in [6.07, 6.45) is 6.96. The number of fused-ring (bicyclic) bond motifs is 1. The van der Waals surface area contributed by atoms with Crippen molar-refractivity contribution in [2.75, 3.05) is 36.8 Å². The highest BCUT2D eigenvalue weighted by molar-refractivity contribution is 7.99. The molecule has 0 unspecified atom stereocenters. The van der Waals surface area contributed by atoms with Crippen LogP contribution in [-0.2, 0) is 11.3 Å². The summed E-state index contributed by atoms with van der Waals surface area (Å²) in [5.41, 5.74) is 0.638. The Kier molecular flexibility index (Phi) is 6.81. The molecule has 1 saturated heterocycles. The van der Waals surface area contributed by atoms with E-state index in [-0.39, 0.29) is 17.2 Å². The lowest BCUT2D eigenvalue weighted by Crippen LogP contribution is -2.49. The van der Waals surface area contributed by atoms with Gasteiger partial charge in [0.15, 0.2) is 5.16 Å². The van der Waals surface area contributed by atoms with Gasteiger partial charge in [0.2, 0.25) is 5.91 Å². The van der Waals surface area contributed by atoms with Crippen molar-refractivity contribution < 1.29 is 4.79 Å². The molecule has 1 amide bonds. The summed E-state index contributed by atoms with van der Waals surface area (Å²) < 4.78 is 1.72. The van der Waals surface area contributed by atoms with E-state index in [0.717, 1.165) is 31.7 Å². The summed E-state index contributed by atoms with van der Waals surface area (Å²) in [7, 11) is 0. The van der Waals surface area contributed by atoms with E-state index in [4.69, 9.17) is 0 Å². The summed E-state index contributed by atoms with van der Waals surface area (Å²) in [4.78, 5) is 42.9. The van der Waals surface area contributed by atoms with Crippen LogP contribution >= 0.6 is 11.8 Å². The van der Waals surface area contributed by atoms with Crippen LogP contribution in [0.2, 0.25) is 0 Å². The molecule has 3 aromatic rings. The van der Waals surface area contributed by atoms with Gasteiger partial charge in [0.1, 0.15) is 5.82 Å².